The van der Waals surface area contributed by atoms with Crippen LogP contribution in [0.2, 0.25) is 0 Å². The molecule has 0 aromatic heterocycles. The van der Waals surface area contributed by atoms with Crippen LogP contribution in [0.1, 0.15) is 21.5 Å². The molecule has 4 aromatic rings. The van der Waals surface area contributed by atoms with Gasteiger partial charge in [0.05, 0.1) is 10.5 Å². The third kappa shape index (κ3) is 5.99. The predicted octanol–water partition coefficient (Wildman–Crippen LogP) is 5.63. The monoisotopic (exact) mass is 498 g/mol. The average molecular weight is 499 g/mol. The summed E-state index contributed by atoms with van der Waals surface area (Å²) < 4.78 is 65.4. The van der Waals surface area contributed by atoms with Crippen molar-refractivity contribution < 1.29 is 26.4 Å². The number of halogens is 3. The Morgan fingerprint density at radius 1 is 0.800 bits per heavy atom. The summed E-state index contributed by atoms with van der Waals surface area (Å²) in [4.78, 5) is 12.2. The van der Waals surface area contributed by atoms with Gasteiger partial charge in [-0.3, -0.25) is 9.52 Å². The van der Waals surface area contributed by atoms with Crippen molar-refractivity contribution in [2.45, 2.75) is 17.5 Å². The van der Waals surface area contributed by atoms with Gasteiger partial charge >= 0.3 is 6.18 Å². The summed E-state index contributed by atoms with van der Waals surface area (Å²) in [6.07, 6.45) is -4.01. The van der Waals surface area contributed by atoms with E-state index in [-0.39, 0.29) is 16.5 Å². The smallest absolute Gasteiger partial charge is 0.352 e. The first kappa shape index (κ1) is 24.3. The topological polar surface area (TPSA) is 75.3 Å². The van der Waals surface area contributed by atoms with Gasteiger partial charge in [-0.1, -0.05) is 42.5 Å². The maximum atomic E-state index is 12.7. The molecule has 0 radical (unpaired) electrons. The number of amides is 1. The van der Waals surface area contributed by atoms with E-state index >= 15 is 0 Å². The number of rotatable bonds is 7. The van der Waals surface area contributed by atoms with Gasteiger partial charge in [-0.2, -0.15) is 13.2 Å². The van der Waals surface area contributed by atoms with E-state index in [2.05, 4.69) is 10.0 Å². The Kier molecular flexibility index (Phi) is 6.79. The second-order valence-corrected chi connectivity index (χ2v) is 9.57. The Hall–Kier alpha value is -3.85. The number of sulfonamides is 1. The van der Waals surface area contributed by atoms with Crippen molar-refractivity contribution in [1.82, 2.24) is 5.32 Å². The molecule has 1 amide bonds. The molecule has 4 aromatic carbocycles. The predicted molar refractivity (Wildman–Crippen MR) is 129 cm³/mol. The summed E-state index contributed by atoms with van der Waals surface area (Å²) in [6.45, 7) is 0.391. The molecule has 0 fully saturated rings. The Morgan fingerprint density at radius 3 is 2.11 bits per heavy atom. The zero-order valence-electron chi connectivity index (χ0n) is 18.3. The van der Waals surface area contributed by atoms with Gasteiger partial charge in [-0.05, 0) is 71.3 Å². The molecule has 35 heavy (non-hydrogen) atoms. The van der Waals surface area contributed by atoms with E-state index in [4.69, 9.17) is 0 Å². The van der Waals surface area contributed by atoms with Crippen molar-refractivity contribution in [1.29, 1.82) is 0 Å². The molecule has 5 nitrogen and oxygen atoms in total. The van der Waals surface area contributed by atoms with Gasteiger partial charge in [0.15, 0.2) is 0 Å². The number of carbonyl (C=O) groups is 1. The molecule has 0 bridgehead atoms. The minimum absolute atomic E-state index is 0.184. The molecule has 4 rings (SSSR count). The van der Waals surface area contributed by atoms with E-state index in [1.54, 1.807) is 30.3 Å². The van der Waals surface area contributed by atoms with Crippen LogP contribution in [0.3, 0.4) is 0 Å². The maximum Gasteiger partial charge on any atom is 0.416 e. The highest BCUT2D eigenvalue weighted by Crippen LogP contribution is 2.30. The summed E-state index contributed by atoms with van der Waals surface area (Å²) in [5, 5.41) is 4.91. The van der Waals surface area contributed by atoms with Gasteiger partial charge in [0.25, 0.3) is 15.9 Å². The SMILES string of the molecule is O=C(NCCc1ccc(NS(=O)(=O)c2ccc(C(F)(F)F)cc2)cc1)c1ccc2ccccc2c1. The molecule has 0 aliphatic carbocycles. The highest BCUT2D eigenvalue weighted by atomic mass is 32.2. The molecule has 0 saturated heterocycles. The van der Waals surface area contributed by atoms with Crippen LogP contribution in [0.15, 0.2) is 95.9 Å². The zero-order valence-corrected chi connectivity index (χ0v) is 19.2. The molecule has 0 atom stereocenters. The van der Waals surface area contributed by atoms with Gasteiger partial charge in [0.2, 0.25) is 0 Å². The van der Waals surface area contributed by atoms with Crippen LogP contribution >= 0.6 is 0 Å². The Balaban J connectivity index is 1.32. The first-order chi connectivity index (χ1) is 16.6. The normalized spacial score (nSPS) is 11.9. The van der Waals surface area contributed by atoms with Crippen molar-refractivity contribution in [3.63, 3.8) is 0 Å². The number of fused-ring (bicyclic) bond motifs is 1. The van der Waals surface area contributed by atoms with Crippen LogP contribution in [-0.2, 0) is 22.6 Å². The van der Waals surface area contributed by atoms with Gasteiger partial charge in [0, 0.05) is 17.8 Å². The molecule has 0 heterocycles. The molecule has 0 spiro atoms. The van der Waals surface area contributed by atoms with Crippen LogP contribution in [-0.4, -0.2) is 20.9 Å². The maximum absolute atomic E-state index is 12.7. The summed E-state index contributed by atoms with van der Waals surface area (Å²) in [6, 6.07) is 23.1. The lowest BCUT2D eigenvalue weighted by atomic mass is 10.1. The van der Waals surface area contributed by atoms with Crippen LogP contribution in [0.5, 0.6) is 0 Å². The van der Waals surface area contributed by atoms with Crippen LogP contribution in [0.4, 0.5) is 18.9 Å². The number of hydrogen-bond donors (Lipinski definition) is 2. The van der Waals surface area contributed by atoms with Crippen molar-refractivity contribution in [2.75, 3.05) is 11.3 Å². The number of nitrogens with one attached hydrogen (secondary N) is 2. The fraction of sp³-hybridized carbons (Fsp3) is 0.115. The van der Waals surface area contributed by atoms with E-state index in [9.17, 15) is 26.4 Å². The van der Waals surface area contributed by atoms with Crippen LogP contribution in [0.25, 0.3) is 10.8 Å². The molecule has 0 aliphatic heterocycles. The minimum atomic E-state index is -4.54. The van der Waals surface area contributed by atoms with Crippen molar-refractivity contribution >= 4 is 32.4 Å². The number of alkyl halides is 3. The summed E-state index contributed by atoms with van der Waals surface area (Å²) >= 11 is 0. The van der Waals surface area contributed by atoms with Crippen molar-refractivity contribution in [3.05, 3.63) is 108 Å². The van der Waals surface area contributed by atoms with Gasteiger partial charge < -0.3 is 5.32 Å². The lowest BCUT2D eigenvalue weighted by Gasteiger charge is -2.11. The molecule has 180 valence electrons. The van der Waals surface area contributed by atoms with E-state index in [1.165, 1.54) is 0 Å². The Morgan fingerprint density at radius 2 is 1.46 bits per heavy atom. The molecule has 9 heteroatoms. The summed E-state index contributed by atoms with van der Waals surface area (Å²) in [5.74, 6) is -0.184. The lowest BCUT2D eigenvalue weighted by molar-refractivity contribution is -0.137. The Bertz CT molecular complexity index is 1450. The van der Waals surface area contributed by atoms with Crippen molar-refractivity contribution in [3.8, 4) is 0 Å². The summed E-state index contributed by atoms with van der Waals surface area (Å²) in [5.41, 5.74) is 0.792. The molecular formula is C26H21F3N2O3S. The first-order valence-electron chi connectivity index (χ1n) is 10.7. The van der Waals surface area contributed by atoms with E-state index in [0.29, 0.717) is 18.5 Å². The van der Waals surface area contributed by atoms with Crippen LogP contribution < -0.4 is 10.0 Å². The molecular weight excluding hydrogens is 477 g/mol. The minimum Gasteiger partial charge on any atom is -0.352 e. The fourth-order valence-electron chi connectivity index (χ4n) is 3.53. The zero-order chi connectivity index (χ0) is 25.1. The number of hydrogen-bond acceptors (Lipinski definition) is 3. The number of benzene rings is 4. The van der Waals surface area contributed by atoms with E-state index in [0.717, 1.165) is 40.6 Å². The lowest BCUT2D eigenvalue weighted by Crippen LogP contribution is -2.25. The van der Waals surface area contributed by atoms with Crippen molar-refractivity contribution in [2.24, 2.45) is 0 Å². The van der Waals surface area contributed by atoms with Gasteiger partial charge in [-0.25, -0.2) is 8.42 Å². The largest absolute Gasteiger partial charge is 0.416 e. The number of anilines is 1. The quantitative estimate of drug-likeness (QED) is 0.347. The fourth-order valence-corrected chi connectivity index (χ4v) is 4.59. The molecule has 0 saturated carbocycles. The average Bonchev–Trinajstić information content (AvgIpc) is 2.84. The third-order valence-corrected chi connectivity index (χ3v) is 6.81. The highest BCUT2D eigenvalue weighted by Gasteiger charge is 2.30. The second kappa shape index (κ2) is 9.79. The highest BCUT2D eigenvalue weighted by molar-refractivity contribution is 7.92. The summed E-state index contributed by atoms with van der Waals surface area (Å²) in [7, 11) is -4.04. The molecule has 0 unspecified atom stereocenters. The second-order valence-electron chi connectivity index (χ2n) is 7.89. The third-order valence-electron chi connectivity index (χ3n) is 5.41. The van der Waals surface area contributed by atoms with Crippen LogP contribution in [0, 0.1) is 0 Å². The van der Waals surface area contributed by atoms with Gasteiger partial charge in [-0.15, -0.1) is 0 Å². The first-order valence-corrected chi connectivity index (χ1v) is 12.2. The van der Waals surface area contributed by atoms with E-state index < -0.39 is 21.8 Å². The Labute approximate surface area is 200 Å². The standard InChI is InChI=1S/C26H21F3N2O3S/c27-26(28,29)22-9-13-24(14-10-22)35(33,34)31-23-11-5-18(6-12-23)15-16-30-25(32)21-8-7-19-3-1-2-4-20(19)17-21/h1-14,17,31H,15-16H2,(H,30,32). The molecule has 0 aliphatic rings. The van der Waals surface area contributed by atoms with E-state index in [1.807, 2.05) is 36.4 Å². The van der Waals surface area contributed by atoms with Gasteiger partial charge in [0.1, 0.15) is 0 Å². The molecule has 2 N–H and O–H groups in total. The number of carbonyl (C=O) groups excluding carboxylic acids is 1.